The molecule has 0 radical (unpaired) electrons. The van der Waals surface area contributed by atoms with Gasteiger partial charge in [0.05, 0.1) is 29.7 Å². The highest BCUT2D eigenvalue weighted by Gasteiger charge is 2.26. The molecule has 0 unspecified atom stereocenters. The van der Waals surface area contributed by atoms with E-state index in [1.807, 2.05) is 0 Å². The minimum Gasteiger partial charge on any atom is -0.465 e. The van der Waals surface area contributed by atoms with Gasteiger partial charge in [-0.25, -0.2) is 4.79 Å². The lowest BCUT2D eigenvalue weighted by atomic mass is 10.1. The summed E-state index contributed by atoms with van der Waals surface area (Å²) in [5.41, 5.74) is 0.908. The molecule has 3 rings (SSSR count). The minimum atomic E-state index is -0.529. The van der Waals surface area contributed by atoms with Gasteiger partial charge in [-0.3, -0.25) is 4.79 Å². The summed E-state index contributed by atoms with van der Waals surface area (Å²) in [6.45, 7) is 0. The molecule has 25 heavy (non-hydrogen) atoms. The molecule has 0 aliphatic carbocycles. The topological polar surface area (TPSA) is 72.1 Å². The number of hydrazone groups is 1. The first-order chi connectivity index (χ1) is 12.0. The van der Waals surface area contributed by atoms with E-state index in [-0.39, 0.29) is 11.5 Å². The number of benzene rings is 1. The number of hydrogen-bond acceptors (Lipinski definition) is 7. The second-order valence-corrected chi connectivity index (χ2v) is 6.91. The van der Waals surface area contributed by atoms with Crippen LogP contribution in [0.15, 0.2) is 39.9 Å². The van der Waals surface area contributed by atoms with Gasteiger partial charge in [0.15, 0.2) is 4.32 Å². The highest BCUT2D eigenvalue weighted by molar-refractivity contribution is 8.23. The number of carbonyl (C=O) groups is 2. The number of ether oxygens (including phenoxy) is 1. The van der Waals surface area contributed by atoms with Crippen LogP contribution in [0.2, 0.25) is 5.02 Å². The van der Waals surface area contributed by atoms with Crippen molar-refractivity contribution in [1.82, 2.24) is 5.01 Å². The Balaban J connectivity index is 1.83. The van der Waals surface area contributed by atoms with E-state index >= 15 is 0 Å². The number of thiocarbonyl (C=S) groups is 1. The van der Waals surface area contributed by atoms with Gasteiger partial charge in [0.2, 0.25) is 0 Å². The molecule has 6 nitrogen and oxygen atoms in total. The number of carbonyl (C=O) groups excluding carboxylic acids is 2. The molecule has 0 bridgehead atoms. The molecule has 0 atom stereocenters. The van der Waals surface area contributed by atoms with Crippen LogP contribution in [0.3, 0.4) is 0 Å². The standard InChI is InChI=1S/C16H11ClN2O4S2/c1-22-15(21)11-6-9(2-4-12(11)17)13-5-3-10(23-13)7-18-19-14(20)8-25-16(19)24/h2-7H,8H2,1H3/b18-7+. The average Bonchev–Trinajstić information content (AvgIpc) is 3.20. The third-order valence-electron chi connectivity index (χ3n) is 3.31. The van der Waals surface area contributed by atoms with Crippen LogP contribution in [0.5, 0.6) is 0 Å². The maximum atomic E-state index is 11.7. The summed E-state index contributed by atoms with van der Waals surface area (Å²) >= 11 is 12.3. The molecular weight excluding hydrogens is 384 g/mol. The highest BCUT2D eigenvalue weighted by Crippen LogP contribution is 2.27. The van der Waals surface area contributed by atoms with Gasteiger partial charge >= 0.3 is 5.97 Å². The largest absolute Gasteiger partial charge is 0.465 e. The average molecular weight is 395 g/mol. The fraction of sp³-hybridized carbons (Fsp3) is 0.125. The second kappa shape index (κ2) is 7.38. The van der Waals surface area contributed by atoms with E-state index in [9.17, 15) is 9.59 Å². The van der Waals surface area contributed by atoms with Crippen molar-refractivity contribution in [2.75, 3.05) is 12.9 Å². The van der Waals surface area contributed by atoms with Crippen LogP contribution < -0.4 is 0 Å². The van der Waals surface area contributed by atoms with Crippen LogP contribution in [0.4, 0.5) is 0 Å². The van der Waals surface area contributed by atoms with E-state index in [2.05, 4.69) is 5.10 Å². The summed E-state index contributed by atoms with van der Waals surface area (Å²) < 4.78 is 10.8. The Hall–Kier alpha value is -2.16. The smallest absolute Gasteiger partial charge is 0.339 e. The molecule has 2 aromatic rings. The van der Waals surface area contributed by atoms with Crippen molar-refractivity contribution in [2.45, 2.75) is 0 Å². The van der Waals surface area contributed by atoms with E-state index in [1.54, 1.807) is 30.3 Å². The Morgan fingerprint density at radius 2 is 2.24 bits per heavy atom. The van der Waals surface area contributed by atoms with Crippen molar-refractivity contribution in [3.8, 4) is 11.3 Å². The number of rotatable bonds is 4. The molecule has 1 fully saturated rings. The van der Waals surface area contributed by atoms with Crippen LogP contribution in [0.1, 0.15) is 16.1 Å². The normalized spacial score (nSPS) is 14.6. The Morgan fingerprint density at radius 1 is 1.44 bits per heavy atom. The van der Waals surface area contributed by atoms with Gasteiger partial charge < -0.3 is 9.15 Å². The van der Waals surface area contributed by atoms with Crippen molar-refractivity contribution in [1.29, 1.82) is 0 Å². The first kappa shape index (κ1) is 17.7. The highest BCUT2D eigenvalue weighted by atomic mass is 35.5. The predicted octanol–water partition coefficient (Wildman–Crippen LogP) is 3.58. The minimum absolute atomic E-state index is 0.168. The first-order valence-electron chi connectivity index (χ1n) is 7.01. The number of esters is 1. The third kappa shape index (κ3) is 3.76. The lowest BCUT2D eigenvalue weighted by molar-refractivity contribution is -0.124. The molecule has 1 aliphatic rings. The summed E-state index contributed by atoms with van der Waals surface area (Å²) in [4.78, 5) is 23.3. The Bertz CT molecular complexity index is 878. The van der Waals surface area contributed by atoms with Crippen molar-refractivity contribution in [3.63, 3.8) is 0 Å². The van der Waals surface area contributed by atoms with Crippen molar-refractivity contribution < 1.29 is 18.7 Å². The van der Waals surface area contributed by atoms with Gasteiger partial charge in [-0.05, 0) is 30.3 Å². The zero-order valence-electron chi connectivity index (χ0n) is 12.9. The molecule has 1 aromatic carbocycles. The number of furan rings is 1. The molecule has 0 N–H and O–H groups in total. The van der Waals surface area contributed by atoms with Crippen LogP contribution in [-0.2, 0) is 9.53 Å². The van der Waals surface area contributed by atoms with E-state index in [1.165, 1.54) is 30.1 Å². The molecule has 0 saturated carbocycles. The number of hydrogen-bond donors (Lipinski definition) is 0. The zero-order valence-corrected chi connectivity index (χ0v) is 15.3. The van der Waals surface area contributed by atoms with Crippen LogP contribution >= 0.6 is 35.6 Å². The monoisotopic (exact) mass is 394 g/mol. The van der Waals surface area contributed by atoms with Gasteiger partial charge in [0.25, 0.3) is 5.91 Å². The SMILES string of the molecule is COC(=O)c1cc(-c2ccc(/C=N/N3C(=O)CSC3=S)o2)ccc1Cl. The van der Waals surface area contributed by atoms with Gasteiger partial charge in [-0.2, -0.15) is 10.1 Å². The van der Waals surface area contributed by atoms with E-state index in [0.29, 0.717) is 32.2 Å². The fourth-order valence-corrected chi connectivity index (χ4v) is 3.26. The van der Waals surface area contributed by atoms with E-state index < -0.39 is 5.97 Å². The number of methoxy groups -OCH3 is 1. The maximum absolute atomic E-state index is 11.7. The molecule has 2 heterocycles. The molecule has 1 saturated heterocycles. The zero-order chi connectivity index (χ0) is 18.0. The number of halogens is 1. The van der Waals surface area contributed by atoms with Crippen LogP contribution in [0, 0.1) is 0 Å². The van der Waals surface area contributed by atoms with Gasteiger partial charge in [0.1, 0.15) is 11.5 Å². The van der Waals surface area contributed by atoms with Gasteiger partial charge in [-0.1, -0.05) is 35.6 Å². The molecule has 1 amide bonds. The molecule has 1 aliphatic heterocycles. The number of nitrogens with zero attached hydrogens (tertiary/aromatic N) is 2. The van der Waals surface area contributed by atoms with Crippen molar-refractivity contribution in [3.05, 3.63) is 46.7 Å². The second-order valence-electron chi connectivity index (χ2n) is 4.89. The quantitative estimate of drug-likeness (QED) is 0.448. The maximum Gasteiger partial charge on any atom is 0.339 e. The van der Waals surface area contributed by atoms with E-state index in [4.69, 9.17) is 33.0 Å². The van der Waals surface area contributed by atoms with Crippen molar-refractivity contribution >= 4 is 58.0 Å². The Morgan fingerprint density at radius 3 is 2.92 bits per heavy atom. The molecule has 128 valence electrons. The lowest BCUT2D eigenvalue weighted by Gasteiger charge is -2.05. The van der Waals surface area contributed by atoms with Gasteiger partial charge in [-0.15, -0.1) is 0 Å². The fourth-order valence-electron chi connectivity index (χ4n) is 2.10. The first-order valence-corrected chi connectivity index (χ1v) is 8.78. The number of thioether (sulfide) groups is 1. The third-order valence-corrected chi connectivity index (χ3v) is 4.98. The van der Waals surface area contributed by atoms with E-state index in [0.717, 1.165) is 0 Å². The molecule has 9 heteroatoms. The summed E-state index contributed by atoms with van der Waals surface area (Å²) in [5, 5.41) is 5.50. The Kier molecular flexibility index (Phi) is 5.22. The van der Waals surface area contributed by atoms with Crippen LogP contribution in [0.25, 0.3) is 11.3 Å². The molecule has 1 aromatic heterocycles. The predicted molar refractivity (Wildman–Crippen MR) is 100.0 cm³/mol. The molecular formula is C16H11ClN2O4S2. The number of amides is 1. The molecule has 0 spiro atoms. The van der Waals surface area contributed by atoms with Crippen LogP contribution in [-0.4, -0.2) is 40.3 Å². The van der Waals surface area contributed by atoms with Crippen molar-refractivity contribution in [2.24, 2.45) is 5.10 Å². The summed E-state index contributed by atoms with van der Waals surface area (Å²) in [5.74, 6) is 0.558. The van der Waals surface area contributed by atoms with Gasteiger partial charge in [0, 0.05) is 5.56 Å². The summed E-state index contributed by atoms with van der Waals surface area (Å²) in [7, 11) is 1.29. The Labute approximate surface area is 157 Å². The lowest BCUT2D eigenvalue weighted by Crippen LogP contribution is -2.22. The summed E-state index contributed by atoms with van der Waals surface area (Å²) in [6.07, 6.45) is 1.41. The summed E-state index contributed by atoms with van der Waals surface area (Å²) in [6, 6.07) is 8.33.